The number of likely N-dealkylation sites (N-methyl/N-ethyl adjacent to an activating group) is 1. The molecule has 0 bridgehead atoms. The Labute approximate surface area is 124 Å². The smallest absolute Gasteiger partial charge is 0.228 e. The number of carbonyl (C=O) groups excluding carboxylic acids is 1. The van der Waals surface area contributed by atoms with E-state index in [1.165, 1.54) is 0 Å². The molecule has 1 aromatic heterocycles. The summed E-state index contributed by atoms with van der Waals surface area (Å²) in [5, 5.41) is 0. The van der Waals surface area contributed by atoms with Gasteiger partial charge in [0.25, 0.3) is 0 Å². The van der Waals surface area contributed by atoms with Gasteiger partial charge < -0.3 is 15.4 Å². The van der Waals surface area contributed by atoms with Crippen LogP contribution in [-0.4, -0.2) is 36.0 Å². The van der Waals surface area contributed by atoms with Gasteiger partial charge >= 0.3 is 0 Å². The third-order valence-corrected chi connectivity index (χ3v) is 3.04. The van der Waals surface area contributed by atoms with Crippen LogP contribution in [0, 0.1) is 0 Å². The van der Waals surface area contributed by atoms with Gasteiger partial charge in [0.1, 0.15) is 12.4 Å². The number of para-hydroxylation sites is 1. The molecule has 1 aromatic carbocycles. The van der Waals surface area contributed by atoms with E-state index in [4.69, 9.17) is 10.5 Å². The highest BCUT2D eigenvalue weighted by atomic mass is 16.5. The second-order valence-corrected chi connectivity index (χ2v) is 4.74. The second-order valence-electron chi connectivity index (χ2n) is 4.74. The zero-order valence-electron chi connectivity index (χ0n) is 12.0. The lowest BCUT2D eigenvalue weighted by Crippen LogP contribution is -2.32. The Kier molecular flexibility index (Phi) is 5.15. The molecule has 0 saturated heterocycles. The van der Waals surface area contributed by atoms with E-state index in [1.807, 2.05) is 30.3 Å². The molecule has 0 saturated carbocycles. The number of ether oxygens (including phenoxy) is 1. The number of rotatable bonds is 6. The Bertz CT molecular complexity index is 570. The fourth-order valence-electron chi connectivity index (χ4n) is 1.77. The van der Waals surface area contributed by atoms with Crippen LogP contribution in [0.25, 0.3) is 0 Å². The Morgan fingerprint density at radius 2 is 2.00 bits per heavy atom. The minimum absolute atomic E-state index is 0.00364. The first-order valence-electron chi connectivity index (χ1n) is 6.77. The van der Waals surface area contributed by atoms with Crippen molar-refractivity contribution in [3.63, 3.8) is 0 Å². The van der Waals surface area contributed by atoms with Crippen LogP contribution in [-0.2, 0) is 11.2 Å². The van der Waals surface area contributed by atoms with Crippen LogP contribution >= 0.6 is 0 Å². The maximum Gasteiger partial charge on any atom is 0.228 e. The average Bonchev–Trinajstić information content (AvgIpc) is 2.50. The second kappa shape index (κ2) is 7.28. The fourth-order valence-corrected chi connectivity index (χ4v) is 1.77. The molecule has 0 radical (unpaired) electrons. The number of hydrogen-bond acceptors (Lipinski definition) is 4. The van der Waals surface area contributed by atoms with Crippen LogP contribution in [0.15, 0.2) is 48.7 Å². The number of benzene rings is 1. The minimum atomic E-state index is 0.00364. The number of anilines is 1. The lowest BCUT2D eigenvalue weighted by Gasteiger charge is -2.17. The van der Waals surface area contributed by atoms with Crippen LogP contribution in [0.4, 0.5) is 5.69 Å². The van der Waals surface area contributed by atoms with E-state index < -0.39 is 0 Å². The summed E-state index contributed by atoms with van der Waals surface area (Å²) in [6, 6.07) is 13.0. The molecule has 0 aliphatic carbocycles. The van der Waals surface area contributed by atoms with Crippen molar-refractivity contribution in [1.82, 2.24) is 9.88 Å². The van der Waals surface area contributed by atoms with E-state index in [-0.39, 0.29) is 12.3 Å². The highest BCUT2D eigenvalue weighted by Crippen LogP contribution is 2.08. The van der Waals surface area contributed by atoms with Crippen molar-refractivity contribution >= 4 is 11.6 Å². The third kappa shape index (κ3) is 4.80. The number of pyridine rings is 1. The van der Waals surface area contributed by atoms with Gasteiger partial charge in [-0.15, -0.1) is 0 Å². The largest absolute Gasteiger partial charge is 0.492 e. The Balaban J connectivity index is 1.76. The van der Waals surface area contributed by atoms with Gasteiger partial charge in [-0.25, -0.2) is 0 Å². The van der Waals surface area contributed by atoms with Crippen LogP contribution in [0.5, 0.6) is 5.75 Å². The van der Waals surface area contributed by atoms with Crippen molar-refractivity contribution in [3.8, 4) is 5.75 Å². The van der Waals surface area contributed by atoms with Gasteiger partial charge in [0.05, 0.1) is 24.8 Å². The van der Waals surface area contributed by atoms with Gasteiger partial charge in [-0.1, -0.05) is 18.2 Å². The van der Waals surface area contributed by atoms with E-state index in [1.54, 1.807) is 30.3 Å². The molecule has 0 atom stereocenters. The summed E-state index contributed by atoms with van der Waals surface area (Å²) in [6.45, 7) is 0.990. The normalized spacial score (nSPS) is 10.1. The molecule has 0 aliphatic heterocycles. The molecule has 21 heavy (non-hydrogen) atoms. The lowest BCUT2D eigenvalue weighted by atomic mass is 10.2. The first kappa shape index (κ1) is 14.8. The molecule has 110 valence electrons. The summed E-state index contributed by atoms with van der Waals surface area (Å²) in [4.78, 5) is 17.8. The molecule has 1 heterocycles. The van der Waals surface area contributed by atoms with Gasteiger partial charge in [-0.3, -0.25) is 9.78 Å². The van der Waals surface area contributed by atoms with Crippen molar-refractivity contribution in [1.29, 1.82) is 0 Å². The number of aromatic nitrogens is 1. The maximum atomic E-state index is 12.0. The lowest BCUT2D eigenvalue weighted by molar-refractivity contribution is -0.129. The van der Waals surface area contributed by atoms with Crippen LogP contribution in [0.3, 0.4) is 0 Å². The van der Waals surface area contributed by atoms with Crippen molar-refractivity contribution in [3.05, 3.63) is 54.4 Å². The molecular formula is C16H19N3O2. The van der Waals surface area contributed by atoms with E-state index in [2.05, 4.69) is 4.98 Å². The van der Waals surface area contributed by atoms with Crippen molar-refractivity contribution < 1.29 is 9.53 Å². The van der Waals surface area contributed by atoms with Gasteiger partial charge in [-0.05, 0) is 24.3 Å². The number of carbonyl (C=O) groups is 1. The number of hydrogen-bond donors (Lipinski definition) is 1. The SMILES string of the molecule is CN(CCOc1ccccc1)C(=O)Cc1ccc(N)cn1. The van der Waals surface area contributed by atoms with Gasteiger partial charge in [0, 0.05) is 12.7 Å². The predicted octanol–water partition coefficient (Wildman–Crippen LogP) is 1.74. The van der Waals surface area contributed by atoms with Gasteiger partial charge in [0.15, 0.2) is 0 Å². The standard InChI is InChI=1S/C16H19N3O2/c1-19(9-10-21-15-5-3-2-4-6-15)16(20)11-14-8-7-13(17)12-18-14/h2-8,12H,9-11,17H2,1H3. The van der Waals surface area contributed by atoms with Gasteiger partial charge in [-0.2, -0.15) is 0 Å². The van der Waals surface area contributed by atoms with Crippen LogP contribution < -0.4 is 10.5 Å². The molecule has 5 heteroatoms. The van der Waals surface area contributed by atoms with Gasteiger partial charge in [0.2, 0.25) is 5.91 Å². The summed E-state index contributed by atoms with van der Waals surface area (Å²) in [6.07, 6.45) is 1.82. The molecule has 0 fully saturated rings. The first-order valence-corrected chi connectivity index (χ1v) is 6.77. The Hall–Kier alpha value is -2.56. The summed E-state index contributed by atoms with van der Waals surface area (Å²) in [5.41, 5.74) is 6.87. The molecule has 2 N–H and O–H groups in total. The molecule has 1 amide bonds. The topological polar surface area (TPSA) is 68.5 Å². The van der Waals surface area contributed by atoms with Crippen molar-refractivity contribution in [2.75, 3.05) is 25.9 Å². The first-order chi connectivity index (χ1) is 10.1. The summed E-state index contributed by atoms with van der Waals surface area (Å²) in [7, 11) is 1.76. The highest BCUT2D eigenvalue weighted by Gasteiger charge is 2.10. The predicted molar refractivity (Wildman–Crippen MR) is 81.9 cm³/mol. The third-order valence-electron chi connectivity index (χ3n) is 3.04. The number of amides is 1. The molecule has 0 aliphatic rings. The van der Waals surface area contributed by atoms with Crippen molar-refractivity contribution in [2.45, 2.75) is 6.42 Å². The van der Waals surface area contributed by atoms with Crippen LogP contribution in [0.2, 0.25) is 0 Å². The zero-order valence-corrected chi connectivity index (χ0v) is 12.0. The van der Waals surface area contributed by atoms with E-state index in [9.17, 15) is 4.79 Å². The quantitative estimate of drug-likeness (QED) is 0.878. The van der Waals surface area contributed by atoms with E-state index >= 15 is 0 Å². The molecule has 0 unspecified atom stereocenters. The summed E-state index contributed by atoms with van der Waals surface area (Å²) >= 11 is 0. The summed E-state index contributed by atoms with van der Waals surface area (Å²) in [5.74, 6) is 0.808. The number of nitrogens with two attached hydrogens (primary N) is 1. The Morgan fingerprint density at radius 1 is 1.24 bits per heavy atom. The fraction of sp³-hybridized carbons (Fsp3) is 0.250. The minimum Gasteiger partial charge on any atom is -0.492 e. The molecular weight excluding hydrogens is 266 g/mol. The number of nitrogens with zero attached hydrogens (tertiary/aromatic N) is 2. The Morgan fingerprint density at radius 3 is 2.67 bits per heavy atom. The molecule has 2 aromatic rings. The van der Waals surface area contributed by atoms with Crippen LogP contribution in [0.1, 0.15) is 5.69 Å². The maximum absolute atomic E-state index is 12.0. The van der Waals surface area contributed by atoms with E-state index in [0.717, 1.165) is 5.75 Å². The van der Waals surface area contributed by atoms with Crippen molar-refractivity contribution in [2.24, 2.45) is 0 Å². The zero-order chi connectivity index (χ0) is 15.1. The van der Waals surface area contributed by atoms with E-state index in [0.29, 0.717) is 24.5 Å². The average molecular weight is 285 g/mol. The summed E-state index contributed by atoms with van der Waals surface area (Å²) < 4.78 is 5.57. The number of nitrogen functional groups attached to an aromatic ring is 1. The molecule has 5 nitrogen and oxygen atoms in total. The monoisotopic (exact) mass is 285 g/mol. The molecule has 2 rings (SSSR count). The highest BCUT2D eigenvalue weighted by molar-refractivity contribution is 5.78. The molecule has 0 spiro atoms.